The smallest absolute Gasteiger partial charge is 0.313 e. The van der Waals surface area contributed by atoms with Crippen LogP contribution in [0, 0.1) is 5.92 Å². The highest BCUT2D eigenvalue weighted by Gasteiger charge is 2.29. The lowest BCUT2D eigenvalue weighted by Crippen LogP contribution is -2.44. The third-order valence-corrected chi connectivity index (χ3v) is 4.70. The molecule has 0 saturated carbocycles. The zero-order chi connectivity index (χ0) is 18.3. The highest BCUT2D eigenvalue weighted by atomic mass is 16.5. The number of ether oxygens (including phenoxy) is 1. The first-order valence-corrected chi connectivity index (χ1v) is 8.38. The van der Waals surface area contributed by atoms with E-state index >= 15 is 0 Å². The van der Waals surface area contributed by atoms with Crippen molar-refractivity contribution in [1.82, 2.24) is 0 Å². The Morgan fingerprint density at radius 3 is 2.92 bits per heavy atom. The van der Waals surface area contributed by atoms with Crippen LogP contribution in [0.3, 0.4) is 0 Å². The molecule has 4 N–H and O–H groups in total. The van der Waals surface area contributed by atoms with Gasteiger partial charge in [0.1, 0.15) is 11.3 Å². The van der Waals surface area contributed by atoms with Gasteiger partial charge in [0.15, 0.2) is 5.36 Å². The van der Waals surface area contributed by atoms with E-state index in [2.05, 4.69) is 0 Å². The van der Waals surface area contributed by atoms with Crippen LogP contribution in [0.25, 0.3) is 27.9 Å². The number of anilines is 1. The van der Waals surface area contributed by atoms with Crippen LogP contribution < -0.4 is 16.5 Å². The van der Waals surface area contributed by atoms with Crippen LogP contribution in [0.4, 0.5) is 5.69 Å². The van der Waals surface area contributed by atoms with Gasteiger partial charge in [-0.2, -0.15) is 0 Å². The number of carbonyl (C=O) groups excluding carboxylic acids is 1. The zero-order valence-electron chi connectivity index (χ0n) is 14.4. The molecule has 3 aliphatic rings. The molecule has 130 valence electrons. The van der Waals surface area contributed by atoms with Crippen molar-refractivity contribution in [1.29, 1.82) is 0 Å². The predicted molar refractivity (Wildman–Crippen MR) is 99.5 cm³/mol. The molecule has 2 aliphatic carbocycles. The zero-order valence-corrected chi connectivity index (χ0v) is 14.4. The average molecular weight is 347 g/mol. The number of rotatable bonds is 2. The Morgan fingerprint density at radius 1 is 1.27 bits per heavy atom. The second-order valence-electron chi connectivity index (χ2n) is 6.35. The Balaban J connectivity index is 2.09. The maximum absolute atomic E-state index is 12.4. The molecule has 0 amide bonds. The van der Waals surface area contributed by atoms with Gasteiger partial charge in [0.25, 0.3) is 0 Å². The van der Waals surface area contributed by atoms with Gasteiger partial charge in [0.2, 0.25) is 0 Å². The lowest BCUT2D eigenvalue weighted by Gasteiger charge is -2.23. The van der Waals surface area contributed by atoms with Crippen molar-refractivity contribution in [2.45, 2.75) is 6.42 Å². The van der Waals surface area contributed by atoms with Gasteiger partial charge in [-0.05, 0) is 30.2 Å². The highest BCUT2D eigenvalue weighted by Crippen LogP contribution is 2.42. The minimum atomic E-state index is -0.367. The quantitative estimate of drug-likeness (QED) is 0.421. The first-order valence-electron chi connectivity index (χ1n) is 8.38. The van der Waals surface area contributed by atoms with Crippen LogP contribution >= 0.6 is 0 Å². The molecule has 1 aromatic rings. The molecule has 0 saturated heterocycles. The number of methoxy groups -OCH3 is 1. The molecule has 1 aliphatic heterocycles. The van der Waals surface area contributed by atoms with E-state index in [4.69, 9.17) is 20.3 Å². The normalized spacial score (nSPS) is 16.7. The Hall–Kier alpha value is -3.34. The molecular formula is C21H19N2O3+. The Kier molecular flexibility index (Phi) is 3.84. The molecular weight excluding hydrogens is 328 g/mol. The number of carbonyl (C=O) groups is 1. The molecule has 4 rings (SSSR count). The molecule has 1 unspecified atom stereocenters. The summed E-state index contributed by atoms with van der Waals surface area (Å²) in [5.41, 5.74) is 9.94. The van der Waals surface area contributed by atoms with E-state index in [1.807, 2.05) is 42.5 Å². The van der Waals surface area contributed by atoms with Gasteiger partial charge in [0.05, 0.1) is 19.1 Å². The van der Waals surface area contributed by atoms with Crippen LogP contribution in [0.5, 0.6) is 0 Å². The van der Waals surface area contributed by atoms with Gasteiger partial charge in [-0.15, -0.1) is 0 Å². The minimum Gasteiger partial charge on any atom is -0.469 e. The second kappa shape index (κ2) is 6.19. The standard InChI is InChI=1S/C21H18N2O3/c1-25-21(24)15-5-3-2-4-14(15)20-16-8-6-12(22)10-18(16)26-19-11-13(23)7-9-17(19)20/h2-4,6-11,15,22H,5,23H2,1H3/p+1. The van der Waals surface area contributed by atoms with E-state index in [-0.39, 0.29) is 11.9 Å². The predicted octanol–water partition coefficient (Wildman–Crippen LogP) is 1.91. The molecule has 0 bridgehead atoms. The average Bonchev–Trinajstić information content (AvgIpc) is 2.65. The van der Waals surface area contributed by atoms with Gasteiger partial charge < -0.3 is 14.9 Å². The third kappa shape index (κ3) is 2.58. The summed E-state index contributed by atoms with van der Waals surface area (Å²) in [7, 11) is 1.41. The minimum absolute atomic E-state index is 0.256. The van der Waals surface area contributed by atoms with Crippen molar-refractivity contribution < 1.29 is 19.4 Å². The Morgan fingerprint density at radius 2 is 2.12 bits per heavy atom. The first-order chi connectivity index (χ1) is 12.6. The molecule has 5 heteroatoms. The maximum atomic E-state index is 12.4. The van der Waals surface area contributed by atoms with E-state index in [0.29, 0.717) is 28.8 Å². The van der Waals surface area contributed by atoms with E-state index < -0.39 is 0 Å². The lowest BCUT2D eigenvalue weighted by atomic mass is 9.82. The van der Waals surface area contributed by atoms with Gasteiger partial charge >= 0.3 is 5.97 Å². The van der Waals surface area contributed by atoms with Crippen LogP contribution in [-0.4, -0.2) is 13.1 Å². The molecule has 0 aromatic heterocycles. The van der Waals surface area contributed by atoms with Gasteiger partial charge in [-0.1, -0.05) is 18.2 Å². The molecule has 5 nitrogen and oxygen atoms in total. The number of fused-ring (bicyclic) bond motifs is 2. The number of esters is 1. The summed E-state index contributed by atoms with van der Waals surface area (Å²) in [5, 5.41) is 7.44. The van der Waals surface area contributed by atoms with Gasteiger partial charge in [-0.25, -0.2) is 0 Å². The Labute approximate surface area is 150 Å². The van der Waals surface area contributed by atoms with Crippen molar-refractivity contribution in [3.8, 4) is 11.3 Å². The summed E-state index contributed by atoms with van der Waals surface area (Å²) < 4.78 is 11.1. The van der Waals surface area contributed by atoms with Gasteiger partial charge in [0, 0.05) is 34.3 Å². The van der Waals surface area contributed by atoms with Crippen molar-refractivity contribution in [3.05, 3.63) is 65.5 Å². The van der Waals surface area contributed by atoms with E-state index in [1.165, 1.54) is 7.11 Å². The summed E-state index contributed by atoms with van der Waals surface area (Å²) in [6.07, 6.45) is 6.49. The number of nitrogens with two attached hydrogens (primary N) is 2. The summed E-state index contributed by atoms with van der Waals surface area (Å²) in [5.74, 6) is 0.0275. The van der Waals surface area contributed by atoms with Crippen molar-refractivity contribution in [3.63, 3.8) is 0 Å². The molecule has 1 atom stereocenters. The lowest BCUT2D eigenvalue weighted by molar-refractivity contribution is -0.172. The van der Waals surface area contributed by atoms with E-state index in [0.717, 1.165) is 22.1 Å². The van der Waals surface area contributed by atoms with Crippen molar-refractivity contribution >= 4 is 28.2 Å². The van der Waals surface area contributed by atoms with Gasteiger partial charge in [-0.3, -0.25) is 10.2 Å². The number of benzene rings is 2. The summed E-state index contributed by atoms with van der Waals surface area (Å²) in [6.45, 7) is 0. The largest absolute Gasteiger partial charge is 0.469 e. The second-order valence-corrected chi connectivity index (χ2v) is 6.35. The maximum Gasteiger partial charge on any atom is 0.313 e. The molecule has 0 spiro atoms. The molecule has 26 heavy (non-hydrogen) atoms. The monoisotopic (exact) mass is 347 g/mol. The summed E-state index contributed by atoms with van der Waals surface area (Å²) in [6, 6.07) is 11.1. The number of allylic oxidation sites excluding steroid dienone is 3. The molecule has 1 heterocycles. The number of nitrogen functional groups attached to an aromatic ring is 1. The van der Waals surface area contributed by atoms with Crippen molar-refractivity contribution in [2.75, 3.05) is 12.8 Å². The van der Waals surface area contributed by atoms with Crippen LogP contribution in [-0.2, 0) is 9.53 Å². The molecule has 0 radical (unpaired) electrons. The van der Waals surface area contributed by atoms with E-state index in [1.54, 1.807) is 12.1 Å². The Bertz CT molecular complexity index is 1110. The SMILES string of the molecule is COC(=O)C1CC=CC=C1c1c2ccc(=[NH2+])cc-2oc2cc(N)ccc12. The number of hydrogen-bond donors (Lipinski definition) is 2. The fourth-order valence-electron chi connectivity index (χ4n) is 3.49. The van der Waals surface area contributed by atoms with E-state index in [9.17, 15) is 4.79 Å². The first kappa shape index (κ1) is 16.1. The number of hydrogen-bond acceptors (Lipinski definition) is 4. The summed E-state index contributed by atoms with van der Waals surface area (Å²) >= 11 is 0. The fourth-order valence-corrected chi connectivity index (χ4v) is 3.49. The third-order valence-electron chi connectivity index (χ3n) is 4.70. The fraction of sp³-hybridized carbons (Fsp3) is 0.143. The molecule has 1 aromatic carbocycles. The van der Waals surface area contributed by atoms with Crippen LogP contribution in [0.1, 0.15) is 12.0 Å². The van der Waals surface area contributed by atoms with Crippen molar-refractivity contribution in [2.24, 2.45) is 5.92 Å². The molecule has 0 fully saturated rings. The van der Waals surface area contributed by atoms with Crippen LogP contribution in [0.2, 0.25) is 0 Å². The highest BCUT2D eigenvalue weighted by molar-refractivity contribution is 6.03. The van der Waals surface area contributed by atoms with Crippen LogP contribution in [0.15, 0.2) is 59.0 Å². The summed E-state index contributed by atoms with van der Waals surface area (Å²) in [4.78, 5) is 12.4. The topological polar surface area (TPSA) is 91.0 Å².